The molecule has 7 heteroatoms. The molecule has 1 aromatic heterocycles. The molecule has 128 valence electrons. The summed E-state index contributed by atoms with van der Waals surface area (Å²) in [6, 6.07) is 6.95. The summed E-state index contributed by atoms with van der Waals surface area (Å²) < 4.78 is 0.996. The first-order chi connectivity index (χ1) is 11.6. The van der Waals surface area contributed by atoms with Gasteiger partial charge in [0.1, 0.15) is 6.54 Å². The summed E-state index contributed by atoms with van der Waals surface area (Å²) in [5.41, 5.74) is -0.488. The zero-order valence-corrected chi connectivity index (χ0v) is 13.7. The lowest BCUT2D eigenvalue weighted by atomic mass is 10.2. The molecule has 0 spiro atoms. The van der Waals surface area contributed by atoms with E-state index in [1.54, 1.807) is 29.2 Å². The molecular formula is C17H22N4O3. The van der Waals surface area contributed by atoms with Crippen molar-refractivity contribution >= 4 is 16.8 Å². The van der Waals surface area contributed by atoms with Gasteiger partial charge in [-0.1, -0.05) is 19.1 Å². The fraction of sp³-hybridized carbons (Fsp3) is 0.471. The molecule has 1 atom stereocenters. The predicted molar refractivity (Wildman–Crippen MR) is 92.1 cm³/mol. The highest BCUT2D eigenvalue weighted by Crippen LogP contribution is 2.10. The van der Waals surface area contributed by atoms with Crippen molar-refractivity contribution in [2.45, 2.75) is 32.4 Å². The number of para-hydroxylation sites is 1. The number of nitrogens with one attached hydrogen (secondary N) is 2. The van der Waals surface area contributed by atoms with E-state index in [2.05, 4.69) is 10.3 Å². The van der Waals surface area contributed by atoms with Crippen molar-refractivity contribution in [1.29, 1.82) is 0 Å². The van der Waals surface area contributed by atoms with E-state index in [1.807, 2.05) is 6.92 Å². The van der Waals surface area contributed by atoms with E-state index in [-0.39, 0.29) is 18.5 Å². The van der Waals surface area contributed by atoms with Crippen LogP contribution in [0.4, 0.5) is 0 Å². The van der Waals surface area contributed by atoms with Gasteiger partial charge in [0.2, 0.25) is 5.91 Å². The van der Waals surface area contributed by atoms with Gasteiger partial charge < -0.3 is 15.2 Å². The maximum absolute atomic E-state index is 12.7. The zero-order chi connectivity index (χ0) is 17.1. The quantitative estimate of drug-likeness (QED) is 0.825. The van der Waals surface area contributed by atoms with Crippen LogP contribution in [-0.4, -0.2) is 46.0 Å². The van der Waals surface area contributed by atoms with Crippen LogP contribution < -0.4 is 16.6 Å². The summed E-state index contributed by atoms with van der Waals surface area (Å²) in [7, 11) is 0. The third kappa shape index (κ3) is 3.12. The number of hydrogen-bond acceptors (Lipinski definition) is 4. The molecule has 0 radical (unpaired) electrons. The maximum atomic E-state index is 12.7. The van der Waals surface area contributed by atoms with E-state index in [4.69, 9.17) is 0 Å². The molecule has 3 rings (SSSR count). The number of aromatic amines is 1. The highest BCUT2D eigenvalue weighted by Gasteiger charge is 2.26. The minimum absolute atomic E-state index is 0.132. The summed E-state index contributed by atoms with van der Waals surface area (Å²) >= 11 is 0. The molecule has 1 saturated heterocycles. The van der Waals surface area contributed by atoms with Crippen LogP contribution in [0, 0.1) is 0 Å². The summed E-state index contributed by atoms with van der Waals surface area (Å²) in [5.74, 6) is -0.187. The number of carbonyl (C=O) groups excluding carboxylic acids is 1. The Morgan fingerprint density at radius 1 is 1.33 bits per heavy atom. The molecule has 1 aliphatic heterocycles. The van der Waals surface area contributed by atoms with Crippen molar-refractivity contribution in [3.05, 3.63) is 45.1 Å². The first-order valence-corrected chi connectivity index (χ1v) is 8.34. The molecule has 0 saturated carbocycles. The minimum atomic E-state index is -0.548. The van der Waals surface area contributed by atoms with Crippen molar-refractivity contribution in [3.63, 3.8) is 0 Å². The van der Waals surface area contributed by atoms with Gasteiger partial charge in [0.25, 0.3) is 5.56 Å². The molecule has 2 N–H and O–H groups in total. The Labute approximate surface area is 139 Å². The van der Waals surface area contributed by atoms with E-state index in [0.717, 1.165) is 30.5 Å². The van der Waals surface area contributed by atoms with Crippen LogP contribution in [0.25, 0.3) is 10.9 Å². The maximum Gasteiger partial charge on any atom is 0.329 e. The van der Waals surface area contributed by atoms with Gasteiger partial charge in [-0.15, -0.1) is 0 Å². The highest BCUT2D eigenvalue weighted by molar-refractivity contribution is 5.79. The molecule has 0 aliphatic carbocycles. The fourth-order valence-electron chi connectivity index (χ4n) is 3.23. The van der Waals surface area contributed by atoms with Gasteiger partial charge in [-0.3, -0.25) is 14.2 Å². The van der Waals surface area contributed by atoms with E-state index in [9.17, 15) is 14.4 Å². The Morgan fingerprint density at radius 2 is 2.12 bits per heavy atom. The normalized spacial score (nSPS) is 17.3. The van der Waals surface area contributed by atoms with Crippen LogP contribution in [0.1, 0.15) is 19.8 Å². The van der Waals surface area contributed by atoms with Crippen LogP contribution in [0.15, 0.2) is 33.9 Å². The SMILES string of the molecule is CCCN(C(=O)Cn1c(=O)[nH]c2ccccc2c1=O)C1CCNC1. The Kier molecular flexibility index (Phi) is 4.80. The number of amides is 1. The molecule has 1 fully saturated rings. The van der Waals surface area contributed by atoms with Crippen molar-refractivity contribution in [1.82, 2.24) is 19.8 Å². The predicted octanol–water partition coefficient (Wildman–Crippen LogP) is 0.290. The molecule has 1 aliphatic rings. The van der Waals surface area contributed by atoms with E-state index < -0.39 is 11.2 Å². The second kappa shape index (κ2) is 7.00. The second-order valence-corrected chi connectivity index (χ2v) is 6.10. The lowest BCUT2D eigenvalue weighted by Gasteiger charge is -2.28. The molecule has 2 aromatic rings. The number of aromatic nitrogens is 2. The average molecular weight is 330 g/mol. The molecule has 1 unspecified atom stereocenters. The van der Waals surface area contributed by atoms with E-state index in [1.165, 1.54) is 0 Å². The van der Waals surface area contributed by atoms with Crippen molar-refractivity contribution in [2.24, 2.45) is 0 Å². The van der Waals surface area contributed by atoms with Gasteiger partial charge in [-0.2, -0.15) is 0 Å². The van der Waals surface area contributed by atoms with Crippen molar-refractivity contribution < 1.29 is 4.79 Å². The number of benzene rings is 1. The highest BCUT2D eigenvalue weighted by atomic mass is 16.2. The topological polar surface area (TPSA) is 87.2 Å². The molecular weight excluding hydrogens is 308 g/mol. The third-order valence-electron chi connectivity index (χ3n) is 4.44. The lowest BCUT2D eigenvalue weighted by Crippen LogP contribution is -2.47. The molecule has 2 heterocycles. The molecule has 7 nitrogen and oxygen atoms in total. The standard InChI is InChI=1S/C17H22N4O3/c1-2-9-20(12-7-8-18-10-12)15(22)11-21-16(23)13-5-3-4-6-14(13)19-17(21)24/h3-6,12,18H,2,7-11H2,1H3,(H,19,24). The summed E-state index contributed by atoms with van der Waals surface area (Å²) in [5, 5.41) is 3.66. The van der Waals surface area contributed by atoms with E-state index in [0.29, 0.717) is 17.4 Å². The van der Waals surface area contributed by atoms with Gasteiger partial charge in [0.15, 0.2) is 0 Å². The summed E-state index contributed by atoms with van der Waals surface area (Å²) in [4.78, 5) is 41.9. The summed E-state index contributed by atoms with van der Waals surface area (Å²) in [6.07, 6.45) is 1.74. The Balaban J connectivity index is 1.92. The van der Waals surface area contributed by atoms with Crippen molar-refractivity contribution in [3.8, 4) is 0 Å². The number of carbonyl (C=O) groups is 1. The van der Waals surface area contributed by atoms with Gasteiger partial charge in [0, 0.05) is 19.1 Å². The third-order valence-corrected chi connectivity index (χ3v) is 4.44. The Hall–Kier alpha value is -2.41. The van der Waals surface area contributed by atoms with Gasteiger partial charge in [0.05, 0.1) is 10.9 Å². The zero-order valence-electron chi connectivity index (χ0n) is 13.7. The Bertz CT molecular complexity index is 849. The van der Waals surface area contributed by atoms with Crippen LogP contribution in [0.5, 0.6) is 0 Å². The molecule has 0 bridgehead atoms. The second-order valence-electron chi connectivity index (χ2n) is 6.10. The number of H-pyrrole nitrogens is 1. The molecule has 24 heavy (non-hydrogen) atoms. The number of hydrogen-bond donors (Lipinski definition) is 2. The number of rotatable bonds is 5. The first-order valence-electron chi connectivity index (χ1n) is 8.34. The Morgan fingerprint density at radius 3 is 2.83 bits per heavy atom. The smallest absolute Gasteiger partial charge is 0.329 e. The van der Waals surface area contributed by atoms with Crippen LogP contribution in [-0.2, 0) is 11.3 Å². The van der Waals surface area contributed by atoms with Crippen molar-refractivity contribution in [2.75, 3.05) is 19.6 Å². The average Bonchev–Trinajstić information content (AvgIpc) is 3.10. The summed E-state index contributed by atoms with van der Waals surface area (Å²) in [6.45, 7) is 4.06. The van der Waals surface area contributed by atoms with Crippen LogP contribution in [0.2, 0.25) is 0 Å². The van der Waals surface area contributed by atoms with Crippen LogP contribution in [0.3, 0.4) is 0 Å². The number of fused-ring (bicyclic) bond motifs is 1. The minimum Gasteiger partial charge on any atom is -0.337 e. The first kappa shape index (κ1) is 16.4. The van der Waals surface area contributed by atoms with Gasteiger partial charge >= 0.3 is 5.69 Å². The van der Waals surface area contributed by atoms with Gasteiger partial charge in [-0.25, -0.2) is 4.79 Å². The molecule has 1 amide bonds. The lowest BCUT2D eigenvalue weighted by molar-refractivity contribution is -0.134. The van der Waals surface area contributed by atoms with Gasteiger partial charge in [-0.05, 0) is 31.5 Å². The largest absolute Gasteiger partial charge is 0.337 e. The number of nitrogens with zero attached hydrogens (tertiary/aromatic N) is 2. The van der Waals surface area contributed by atoms with E-state index >= 15 is 0 Å². The fourth-order valence-corrected chi connectivity index (χ4v) is 3.23. The molecule has 1 aromatic carbocycles. The van der Waals surface area contributed by atoms with Crippen LogP contribution >= 0.6 is 0 Å². The monoisotopic (exact) mass is 330 g/mol.